The minimum atomic E-state index is -0.634. The van der Waals surface area contributed by atoms with Gasteiger partial charge in [-0.05, 0) is 20.8 Å². The van der Waals surface area contributed by atoms with Gasteiger partial charge < -0.3 is 9.64 Å². The van der Waals surface area contributed by atoms with Crippen molar-refractivity contribution in [3.8, 4) is 0 Å². The molecule has 0 aromatic heterocycles. The second kappa shape index (κ2) is 7.14. The Kier molecular flexibility index (Phi) is 4.93. The third-order valence-electron chi connectivity index (χ3n) is 4.97. The molecule has 0 saturated carbocycles. The van der Waals surface area contributed by atoms with Gasteiger partial charge in [0, 0.05) is 30.6 Å². The number of ether oxygens (including phenoxy) is 1. The first-order valence-electron chi connectivity index (χ1n) is 8.91. The molecule has 0 N–H and O–H groups in total. The first kappa shape index (κ1) is 17.3. The van der Waals surface area contributed by atoms with Crippen LogP contribution in [-0.4, -0.2) is 23.9 Å². The van der Waals surface area contributed by atoms with Crippen LogP contribution in [0.5, 0.6) is 0 Å². The van der Waals surface area contributed by atoms with Crippen LogP contribution in [0.1, 0.15) is 38.3 Å². The summed E-state index contributed by atoms with van der Waals surface area (Å²) < 4.78 is 6.43. The van der Waals surface area contributed by atoms with Crippen LogP contribution in [0.15, 0.2) is 72.0 Å². The van der Waals surface area contributed by atoms with Crippen molar-refractivity contribution in [3.05, 3.63) is 83.1 Å². The van der Waals surface area contributed by atoms with Crippen molar-refractivity contribution in [2.24, 2.45) is 0 Å². The van der Waals surface area contributed by atoms with Crippen molar-refractivity contribution in [1.82, 2.24) is 4.90 Å². The molecule has 2 aromatic carbocycles. The molecule has 1 aliphatic heterocycles. The second-order valence-electron chi connectivity index (χ2n) is 6.35. The maximum atomic E-state index is 13.0. The van der Waals surface area contributed by atoms with Gasteiger partial charge in [0.05, 0.1) is 5.57 Å². The van der Waals surface area contributed by atoms with Crippen LogP contribution in [-0.2, 0) is 15.1 Å². The minimum absolute atomic E-state index is 0.0798. The number of amides is 1. The van der Waals surface area contributed by atoms with E-state index < -0.39 is 5.60 Å². The predicted molar refractivity (Wildman–Crippen MR) is 100.0 cm³/mol. The minimum Gasteiger partial charge on any atom is -0.482 e. The number of carbonyl (C=O) groups is 1. The summed E-state index contributed by atoms with van der Waals surface area (Å²) >= 11 is 0. The molecular weight excluding hydrogens is 310 g/mol. The zero-order valence-electron chi connectivity index (χ0n) is 15.2. The van der Waals surface area contributed by atoms with Gasteiger partial charge in [0.25, 0.3) is 5.91 Å². The maximum Gasteiger partial charge on any atom is 0.253 e. The molecule has 0 unspecified atom stereocenters. The molecule has 3 heteroatoms. The van der Waals surface area contributed by atoms with E-state index in [9.17, 15) is 4.79 Å². The quantitative estimate of drug-likeness (QED) is 0.805. The monoisotopic (exact) mass is 335 g/mol. The fraction of sp³-hybridized carbons (Fsp3) is 0.318. The number of hydrogen-bond acceptors (Lipinski definition) is 2. The molecule has 0 bridgehead atoms. The Morgan fingerprint density at radius 3 is 1.88 bits per heavy atom. The lowest BCUT2D eigenvalue weighted by Gasteiger charge is -2.31. The van der Waals surface area contributed by atoms with Gasteiger partial charge in [0.2, 0.25) is 0 Å². The van der Waals surface area contributed by atoms with E-state index in [-0.39, 0.29) is 5.91 Å². The van der Waals surface area contributed by atoms with E-state index in [1.165, 1.54) is 0 Å². The summed E-state index contributed by atoms with van der Waals surface area (Å²) in [7, 11) is 0. The molecule has 130 valence electrons. The molecule has 0 saturated heterocycles. The Morgan fingerprint density at radius 2 is 1.44 bits per heavy atom. The highest BCUT2D eigenvalue weighted by Crippen LogP contribution is 2.46. The number of hydrogen-bond donors (Lipinski definition) is 0. The number of rotatable bonds is 5. The van der Waals surface area contributed by atoms with Crippen molar-refractivity contribution >= 4 is 5.91 Å². The fourth-order valence-electron chi connectivity index (χ4n) is 3.56. The van der Waals surface area contributed by atoms with Crippen LogP contribution < -0.4 is 0 Å². The van der Waals surface area contributed by atoms with Crippen molar-refractivity contribution in [1.29, 1.82) is 0 Å². The lowest BCUT2D eigenvalue weighted by molar-refractivity contribution is -0.126. The fourth-order valence-corrected chi connectivity index (χ4v) is 3.56. The maximum absolute atomic E-state index is 13.0. The third-order valence-corrected chi connectivity index (χ3v) is 4.97. The summed E-state index contributed by atoms with van der Waals surface area (Å²) in [4.78, 5) is 14.8. The molecule has 2 aromatic rings. The van der Waals surface area contributed by atoms with Crippen molar-refractivity contribution in [2.75, 3.05) is 13.1 Å². The Bertz CT molecular complexity index is 722. The molecular formula is C22H25NO2. The van der Waals surface area contributed by atoms with Crippen LogP contribution in [0.4, 0.5) is 0 Å². The van der Waals surface area contributed by atoms with Gasteiger partial charge in [-0.2, -0.15) is 0 Å². The van der Waals surface area contributed by atoms with Crippen LogP contribution in [0.3, 0.4) is 0 Å². The first-order valence-corrected chi connectivity index (χ1v) is 8.91. The van der Waals surface area contributed by atoms with Crippen LogP contribution >= 0.6 is 0 Å². The van der Waals surface area contributed by atoms with E-state index in [0.717, 1.165) is 22.5 Å². The van der Waals surface area contributed by atoms with Gasteiger partial charge in [0.1, 0.15) is 5.76 Å². The van der Waals surface area contributed by atoms with Gasteiger partial charge >= 0.3 is 0 Å². The predicted octanol–water partition coefficient (Wildman–Crippen LogP) is 4.49. The summed E-state index contributed by atoms with van der Waals surface area (Å²) in [5, 5.41) is 0. The third kappa shape index (κ3) is 3.07. The van der Waals surface area contributed by atoms with Crippen molar-refractivity contribution in [3.63, 3.8) is 0 Å². The smallest absolute Gasteiger partial charge is 0.253 e. The Labute approximate surface area is 149 Å². The summed E-state index contributed by atoms with van der Waals surface area (Å²) in [6.07, 6.45) is 0.558. The largest absolute Gasteiger partial charge is 0.482 e. The summed E-state index contributed by atoms with van der Waals surface area (Å²) in [6, 6.07) is 20.4. The number of allylic oxidation sites excluding steroid dienone is 1. The van der Waals surface area contributed by atoms with Gasteiger partial charge in [-0.1, -0.05) is 60.7 Å². The average Bonchev–Trinajstić information content (AvgIpc) is 3.03. The van der Waals surface area contributed by atoms with Crippen LogP contribution in [0.2, 0.25) is 0 Å². The Hall–Kier alpha value is -2.55. The molecule has 0 atom stereocenters. The normalized spacial score (nSPS) is 15.8. The van der Waals surface area contributed by atoms with Crippen molar-refractivity contribution in [2.45, 2.75) is 32.8 Å². The second-order valence-corrected chi connectivity index (χ2v) is 6.35. The van der Waals surface area contributed by atoms with Crippen molar-refractivity contribution < 1.29 is 9.53 Å². The van der Waals surface area contributed by atoms with E-state index in [0.29, 0.717) is 19.5 Å². The molecule has 1 amide bonds. The molecule has 3 rings (SSSR count). The van der Waals surface area contributed by atoms with E-state index in [2.05, 4.69) is 24.3 Å². The summed E-state index contributed by atoms with van der Waals surface area (Å²) in [5.41, 5.74) is 2.28. The van der Waals surface area contributed by atoms with Gasteiger partial charge in [0.15, 0.2) is 5.60 Å². The summed E-state index contributed by atoms with van der Waals surface area (Å²) in [6.45, 7) is 7.33. The molecule has 0 fully saturated rings. The van der Waals surface area contributed by atoms with E-state index in [1.807, 2.05) is 62.1 Å². The van der Waals surface area contributed by atoms with E-state index in [1.54, 1.807) is 0 Å². The zero-order chi connectivity index (χ0) is 17.9. The number of likely N-dealkylation sites (N-methyl/N-ethyl adjacent to an activating group) is 1. The number of carbonyl (C=O) groups excluding carboxylic acids is 1. The lowest BCUT2D eigenvalue weighted by Crippen LogP contribution is -2.33. The molecule has 0 radical (unpaired) electrons. The first-order chi connectivity index (χ1) is 12.1. The molecule has 0 aliphatic carbocycles. The Balaban J connectivity index is 2.05. The summed E-state index contributed by atoms with van der Waals surface area (Å²) in [5.74, 6) is 0.806. The average molecular weight is 335 g/mol. The zero-order valence-corrected chi connectivity index (χ0v) is 15.2. The van der Waals surface area contributed by atoms with E-state index in [4.69, 9.17) is 4.74 Å². The molecule has 3 nitrogen and oxygen atoms in total. The van der Waals surface area contributed by atoms with Gasteiger partial charge in [-0.15, -0.1) is 0 Å². The number of benzene rings is 2. The highest BCUT2D eigenvalue weighted by molar-refractivity contribution is 5.94. The molecule has 0 spiro atoms. The van der Waals surface area contributed by atoms with Crippen LogP contribution in [0.25, 0.3) is 0 Å². The molecule has 1 aliphatic rings. The lowest BCUT2D eigenvalue weighted by atomic mass is 9.82. The molecule has 1 heterocycles. The highest BCUT2D eigenvalue weighted by atomic mass is 16.5. The van der Waals surface area contributed by atoms with Gasteiger partial charge in [-0.3, -0.25) is 4.79 Å². The SMILES string of the molecule is CCN(CC)C(=O)C1=C(C)OC(c2ccccc2)(c2ccccc2)C1. The Morgan fingerprint density at radius 1 is 0.960 bits per heavy atom. The van der Waals surface area contributed by atoms with Crippen LogP contribution in [0, 0.1) is 0 Å². The highest BCUT2D eigenvalue weighted by Gasteiger charge is 2.45. The van der Waals surface area contributed by atoms with Gasteiger partial charge in [-0.25, -0.2) is 0 Å². The van der Waals surface area contributed by atoms with E-state index >= 15 is 0 Å². The topological polar surface area (TPSA) is 29.5 Å². The number of nitrogens with zero attached hydrogens (tertiary/aromatic N) is 1. The molecule has 25 heavy (non-hydrogen) atoms. The standard InChI is InChI=1S/C22H25NO2/c1-4-23(5-2)21(24)20-16-22(25-17(20)3,18-12-8-6-9-13-18)19-14-10-7-11-15-19/h6-15H,4-5,16H2,1-3H3.